The van der Waals surface area contributed by atoms with Gasteiger partial charge < -0.3 is 61.6 Å². The van der Waals surface area contributed by atoms with Crippen molar-refractivity contribution in [3.63, 3.8) is 0 Å². The molecule has 22 atom stereocenters. The van der Waals surface area contributed by atoms with Gasteiger partial charge in [-0.1, -0.05) is 64.1 Å². The fourth-order valence-corrected chi connectivity index (χ4v) is 16.2. The normalized spacial score (nSPS) is 39.6. The second-order valence-electron chi connectivity index (χ2n) is 25.4. The summed E-state index contributed by atoms with van der Waals surface area (Å²) in [5.74, 6) is -3.49. The van der Waals surface area contributed by atoms with Crippen LogP contribution in [0.25, 0.3) is 0 Å². The minimum Gasteiger partial charge on any atom is -0.455 e. The smallest absolute Gasteiger partial charge is 0.411 e. The third-order valence-electron chi connectivity index (χ3n) is 19.7. The highest BCUT2D eigenvalue weighted by molar-refractivity contribution is 5.85. The minimum absolute atomic E-state index is 0.0306. The van der Waals surface area contributed by atoms with E-state index in [0.29, 0.717) is 61.3 Å². The van der Waals surface area contributed by atoms with E-state index in [0.717, 1.165) is 66.7 Å². The summed E-state index contributed by atoms with van der Waals surface area (Å²) < 4.78 is 80.8. The Morgan fingerprint density at radius 2 is 1.09 bits per heavy atom. The van der Waals surface area contributed by atoms with Gasteiger partial charge in [0.15, 0.2) is 48.9 Å². The monoisotopic (exact) mass is 1200 g/mol. The van der Waals surface area contributed by atoms with Crippen molar-refractivity contribution in [1.29, 1.82) is 0 Å². The first-order chi connectivity index (χ1) is 40.9. The second-order valence-corrected chi connectivity index (χ2v) is 25.4. The number of ether oxygens (including phenoxy) is 13. The fourth-order valence-electron chi connectivity index (χ4n) is 16.2. The van der Waals surface area contributed by atoms with Gasteiger partial charge >= 0.3 is 42.0 Å². The Labute approximate surface area is 500 Å². The predicted molar refractivity (Wildman–Crippen MR) is 300 cm³/mol. The van der Waals surface area contributed by atoms with Crippen molar-refractivity contribution in [2.45, 2.75) is 200 Å². The second kappa shape index (κ2) is 25.8. The molecule has 4 saturated carbocycles. The van der Waals surface area contributed by atoms with Gasteiger partial charge in [-0.15, -0.1) is 0 Å². The summed E-state index contributed by atoms with van der Waals surface area (Å²) in [5, 5.41) is 5.22. The molecular weight excluding hydrogens is 1120 g/mol. The highest BCUT2D eigenvalue weighted by Gasteiger charge is 2.71. The number of esters is 5. The standard InChI is InChI=1S/C63H82N2O21/c1-32-22-25-63(76-29-32)33(2)49-46(86-63)27-44-43-21-20-39-26-42(23-24-61(39,8)50(43)45(71)28-62(44,49)9)82-57-55(80-37(6)69)54(79-36(5)68)52(48(83-57)31-75-60(73)65-41-18-14-11-15-19-41)85-58-56(81-38(7)70)53(78-35(4)67)51(77-34(3)66)47(84-58)30-74-59(72)64-40-16-12-10-13-17-40/h10-19,32-33,39,42-44,46-58H,20-31H2,1-9H3,(H,64,72)(H,65,73)/t32-,33?,39+,42+,43+,44+,46?,47-,48-,49?,50-,51-,52-,53+,54+,55-,56-,57-,58+,61+,62+,63-/m1/s1. The first-order valence-corrected chi connectivity index (χ1v) is 30.2. The van der Waals surface area contributed by atoms with Crippen LogP contribution in [0.3, 0.4) is 0 Å². The summed E-state index contributed by atoms with van der Waals surface area (Å²) in [6.45, 7) is 13.8. The molecule has 1 spiro atoms. The number of carbonyl (C=O) groups excluding carboxylic acids is 8. The molecule has 2 N–H and O–H groups in total. The Morgan fingerprint density at radius 1 is 0.581 bits per heavy atom. The molecule has 4 heterocycles. The molecule has 470 valence electrons. The van der Waals surface area contributed by atoms with Gasteiger partial charge in [0.25, 0.3) is 0 Å². The van der Waals surface area contributed by atoms with Gasteiger partial charge in [0.2, 0.25) is 0 Å². The van der Waals surface area contributed by atoms with E-state index in [2.05, 4.69) is 38.3 Å². The average molecular weight is 1200 g/mol. The number of hydrogen-bond acceptors (Lipinski definition) is 21. The molecule has 0 aromatic heterocycles. The number of ketones is 1. The number of para-hydroxylation sites is 2. The van der Waals surface area contributed by atoms with Gasteiger partial charge in [0.05, 0.1) is 18.8 Å². The van der Waals surface area contributed by atoms with Crippen LogP contribution in [0.5, 0.6) is 0 Å². The number of benzene rings is 2. The molecule has 23 heteroatoms. The molecule has 8 fully saturated rings. The Morgan fingerprint density at radius 3 is 1.63 bits per heavy atom. The first-order valence-electron chi connectivity index (χ1n) is 30.2. The van der Waals surface area contributed by atoms with E-state index < -0.39 is 129 Å². The quantitative estimate of drug-likeness (QED) is 0.0970. The van der Waals surface area contributed by atoms with Crippen molar-refractivity contribution in [2.24, 2.45) is 52.3 Å². The van der Waals surface area contributed by atoms with E-state index in [1.54, 1.807) is 60.7 Å². The third kappa shape index (κ3) is 13.1. The maximum absolute atomic E-state index is 15.0. The first kappa shape index (κ1) is 62.8. The van der Waals surface area contributed by atoms with Crippen LogP contribution in [0.15, 0.2) is 60.7 Å². The summed E-state index contributed by atoms with van der Waals surface area (Å²) in [6.07, 6.45) is -12.3. The molecule has 2 amide bonds. The summed E-state index contributed by atoms with van der Waals surface area (Å²) >= 11 is 0. The predicted octanol–water partition coefficient (Wildman–Crippen LogP) is 7.99. The molecule has 4 aliphatic heterocycles. The van der Waals surface area contributed by atoms with E-state index in [-0.39, 0.29) is 46.5 Å². The highest BCUT2D eigenvalue weighted by atomic mass is 16.8. The molecule has 4 aliphatic carbocycles. The van der Waals surface area contributed by atoms with E-state index >= 15 is 4.79 Å². The van der Waals surface area contributed by atoms with Crippen LogP contribution >= 0.6 is 0 Å². The Hall–Kier alpha value is -6.24. The number of anilines is 2. The SMILES string of the molecule is CC(=O)O[C@@H]1[C@@H](OC(C)=O)[C@H](O[C@H]2[C@H](OC(C)=O)[C@@H](OC(C)=O)[C@H](O[C@H]3CC[C@@]4(C)[C@@H](CC[C@@H]5[C@@H]4C(=O)C[C@]4(C)C6C(C[C@@H]54)O[C@]4(CC[C@@H](C)CO4)C6C)C3)O[C@@H]2COC(=O)Nc2ccccc2)O[C@H](COC(=O)Nc2ccccc2)[C@H]1OC(C)=O. The number of hydrogen-bond donors (Lipinski definition) is 2. The molecule has 10 rings (SSSR count). The number of amides is 2. The molecule has 23 nitrogen and oxygen atoms in total. The molecule has 86 heavy (non-hydrogen) atoms. The molecule has 0 radical (unpaired) electrons. The van der Waals surface area contributed by atoms with Crippen LogP contribution in [0, 0.1) is 52.3 Å². The number of Topliss-reactive ketones (excluding diaryl/α,β-unsaturated/α-hetero) is 1. The van der Waals surface area contributed by atoms with Crippen LogP contribution in [0.4, 0.5) is 21.0 Å². The maximum Gasteiger partial charge on any atom is 0.411 e. The van der Waals surface area contributed by atoms with Crippen molar-refractivity contribution in [2.75, 3.05) is 30.5 Å². The molecule has 2 aromatic carbocycles. The average Bonchev–Trinajstić information content (AvgIpc) is 1.50. The topological polar surface area (TPSA) is 281 Å². The van der Waals surface area contributed by atoms with E-state index in [4.69, 9.17) is 61.6 Å². The van der Waals surface area contributed by atoms with Gasteiger partial charge in [-0.05, 0) is 110 Å². The number of nitrogens with one attached hydrogen (secondary N) is 2. The summed E-state index contributed by atoms with van der Waals surface area (Å²) in [5.41, 5.74) is 0.197. The highest BCUT2D eigenvalue weighted by Crippen LogP contribution is 2.71. The molecule has 2 aromatic rings. The zero-order valence-corrected chi connectivity index (χ0v) is 50.3. The molecule has 8 aliphatic rings. The fraction of sp³-hybridized carbons (Fsp3) is 0.683. The van der Waals surface area contributed by atoms with Gasteiger partial charge in [-0.25, -0.2) is 9.59 Å². The largest absolute Gasteiger partial charge is 0.455 e. The zero-order chi connectivity index (χ0) is 61.4. The van der Waals surface area contributed by atoms with Crippen molar-refractivity contribution < 1.29 is 99.9 Å². The molecular formula is C63H82N2O21. The van der Waals surface area contributed by atoms with Crippen LogP contribution in [0.1, 0.15) is 120 Å². The van der Waals surface area contributed by atoms with Gasteiger partial charge in [-0.3, -0.25) is 39.4 Å². The van der Waals surface area contributed by atoms with Crippen molar-refractivity contribution in [3.8, 4) is 0 Å². The Kier molecular flexibility index (Phi) is 18.9. The molecule has 3 unspecified atom stereocenters. The summed E-state index contributed by atoms with van der Waals surface area (Å²) in [7, 11) is 0. The van der Waals surface area contributed by atoms with E-state index in [1.807, 2.05) is 0 Å². The Bertz CT molecular complexity index is 2810. The zero-order valence-electron chi connectivity index (χ0n) is 50.3. The number of rotatable bonds is 15. The summed E-state index contributed by atoms with van der Waals surface area (Å²) in [6, 6.07) is 16.8. The lowest BCUT2D eigenvalue weighted by atomic mass is 9.44. The lowest BCUT2D eigenvalue weighted by Crippen LogP contribution is -2.67. The van der Waals surface area contributed by atoms with Crippen molar-refractivity contribution in [1.82, 2.24) is 0 Å². The van der Waals surface area contributed by atoms with Crippen LogP contribution in [-0.2, 0) is 90.3 Å². The van der Waals surface area contributed by atoms with E-state index in [9.17, 15) is 33.6 Å². The molecule has 0 bridgehead atoms. The molecule has 4 saturated heterocycles. The Balaban J connectivity index is 0.924. The maximum atomic E-state index is 15.0. The van der Waals surface area contributed by atoms with Crippen LogP contribution in [-0.4, -0.2) is 147 Å². The number of carbonyl (C=O) groups is 8. The van der Waals surface area contributed by atoms with E-state index in [1.165, 1.54) is 0 Å². The van der Waals surface area contributed by atoms with Crippen molar-refractivity contribution >= 4 is 59.2 Å². The van der Waals surface area contributed by atoms with Gasteiger partial charge in [0, 0.05) is 70.7 Å². The van der Waals surface area contributed by atoms with Gasteiger partial charge in [0.1, 0.15) is 37.3 Å². The third-order valence-corrected chi connectivity index (χ3v) is 19.7. The lowest BCUT2D eigenvalue weighted by molar-refractivity contribution is -0.365. The summed E-state index contributed by atoms with van der Waals surface area (Å²) in [4.78, 5) is 107. The van der Waals surface area contributed by atoms with Gasteiger partial charge in [-0.2, -0.15) is 0 Å². The lowest BCUT2D eigenvalue weighted by Gasteiger charge is -2.60. The van der Waals surface area contributed by atoms with Crippen LogP contribution in [0.2, 0.25) is 0 Å². The minimum atomic E-state index is -1.90. The van der Waals surface area contributed by atoms with Crippen LogP contribution < -0.4 is 10.6 Å². The number of fused-ring (bicyclic) bond motifs is 7. The van der Waals surface area contributed by atoms with Crippen molar-refractivity contribution in [3.05, 3.63) is 60.7 Å².